The summed E-state index contributed by atoms with van der Waals surface area (Å²) in [5, 5.41) is 7.30. The Balaban J connectivity index is 1.78. The molecule has 29 heavy (non-hydrogen) atoms. The predicted molar refractivity (Wildman–Crippen MR) is 110 cm³/mol. The minimum atomic E-state index is -1.48. The molecule has 0 unspecified atom stereocenters. The monoisotopic (exact) mass is 414 g/mol. The molecule has 0 radical (unpaired) electrons. The molecule has 152 valence electrons. The molecule has 2 N–H and O–H groups in total. The van der Waals surface area contributed by atoms with Crippen LogP contribution in [0.4, 0.5) is 5.69 Å². The fourth-order valence-electron chi connectivity index (χ4n) is 3.87. The van der Waals surface area contributed by atoms with E-state index in [9.17, 15) is 9.59 Å². The maximum Gasteiger partial charge on any atom is 0.309 e. The molecule has 0 bridgehead atoms. The molecule has 2 aliphatic rings. The Hall–Kier alpha value is -2.57. The number of carbonyl (C=O) groups is 2. The fourth-order valence-corrected chi connectivity index (χ4v) is 4.10. The third-order valence-corrected chi connectivity index (χ3v) is 5.65. The highest BCUT2D eigenvalue weighted by Gasteiger charge is 2.46. The number of hydrogen-bond donors (Lipinski definition) is 2. The number of nitrogens with one attached hydrogen (secondary N) is 2. The minimum Gasteiger partial charge on any atom is -0.416 e. The van der Waals surface area contributed by atoms with E-state index in [2.05, 4.69) is 17.6 Å². The van der Waals surface area contributed by atoms with Gasteiger partial charge in [0.05, 0.1) is 30.1 Å². The fraction of sp³-hybridized carbons (Fsp3) is 0.364. The quantitative estimate of drug-likeness (QED) is 0.746. The first kappa shape index (κ1) is 19.7. The Bertz CT molecular complexity index is 914. The minimum absolute atomic E-state index is 0.00611. The summed E-state index contributed by atoms with van der Waals surface area (Å²) < 4.78 is 11.4. The number of ether oxygens (including phenoxy) is 2. The van der Waals surface area contributed by atoms with Gasteiger partial charge in [0.1, 0.15) is 0 Å². The van der Waals surface area contributed by atoms with Crippen LogP contribution in [0.3, 0.4) is 0 Å². The maximum absolute atomic E-state index is 12.2. The van der Waals surface area contributed by atoms with Crippen molar-refractivity contribution in [3.63, 3.8) is 0 Å². The first-order chi connectivity index (χ1) is 14.0. The summed E-state index contributed by atoms with van der Waals surface area (Å²) in [5.74, 6) is -2.38. The van der Waals surface area contributed by atoms with Crippen LogP contribution in [0.5, 0.6) is 0 Å². The zero-order valence-corrected chi connectivity index (χ0v) is 16.9. The predicted octanol–water partition coefficient (Wildman–Crippen LogP) is 3.69. The van der Waals surface area contributed by atoms with E-state index in [1.807, 2.05) is 30.3 Å². The van der Waals surface area contributed by atoms with E-state index in [0.29, 0.717) is 23.6 Å². The van der Waals surface area contributed by atoms with Gasteiger partial charge in [0.2, 0.25) is 0 Å². The highest BCUT2D eigenvalue weighted by molar-refractivity contribution is 6.33. The van der Waals surface area contributed by atoms with Crippen molar-refractivity contribution in [3.05, 3.63) is 64.2 Å². The van der Waals surface area contributed by atoms with Crippen LogP contribution >= 0.6 is 11.6 Å². The van der Waals surface area contributed by atoms with E-state index in [0.717, 1.165) is 16.8 Å². The number of benzene rings is 2. The third kappa shape index (κ3) is 3.95. The van der Waals surface area contributed by atoms with Gasteiger partial charge in [-0.25, -0.2) is 0 Å². The number of carbonyl (C=O) groups excluding carboxylic acids is 2. The average Bonchev–Trinajstić information content (AvgIpc) is 2.97. The molecule has 0 amide bonds. The van der Waals surface area contributed by atoms with Crippen molar-refractivity contribution in [1.29, 1.82) is 0 Å². The van der Waals surface area contributed by atoms with Crippen LogP contribution in [-0.2, 0) is 31.3 Å². The van der Waals surface area contributed by atoms with Crippen LogP contribution in [-0.4, -0.2) is 25.0 Å². The van der Waals surface area contributed by atoms with Gasteiger partial charge in [-0.2, -0.15) is 0 Å². The number of hydrogen-bond acceptors (Lipinski definition) is 6. The van der Waals surface area contributed by atoms with E-state index in [-0.39, 0.29) is 25.4 Å². The van der Waals surface area contributed by atoms with Crippen molar-refractivity contribution in [3.8, 4) is 0 Å². The first-order valence-corrected chi connectivity index (χ1v) is 10.1. The average molecular weight is 415 g/mol. The summed E-state index contributed by atoms with van der Waals surface area (Å²) in [6.45, 7) is 2.90. The molecular formula is C22H23ClN2O4. The normalized spacial score (nSPS) is 19.4. The van der Waals surface area contributed by atoms with Gasteiger partial charge in [-0.3, -0.25) is 9.59 Å². The summed E-state index contributed by atoms with van der Waals surface area (Å²) in [4.78, 5) is 24.4. The SMILES string of the molecule is C[C@@H](Nc1c(Cl)ccc2c1CCNCC21OC(=O)CCC(=O)O1)c1ccccc1. The van der Waals surface area contributed by atoms with E-state index < -0.39 is 17.7 Å². The lowest BCUT2D eigenvalue weighted by atomic mass is 9.95. The summed E-state index contributed by atoms with van der Waals surface area (Å²) in [6, 6.07) is 13.6. The van der Waals surface area contributed by atoms with Crippen LogP contribution < -0.4 is 10.6 Å². The van der Waals surface area contributed by atoms with Gasteiger partial charge in [-0.05, 0) is 43.1 Å². The molecule has 4 rings (SSSR count). The van der Waals surface area contributed by atoms with Crippen LogP contribution in [0, 0.1) is 0 Å². The molecule has 0 aromatic heterocycles. The van der Waals surface area contributed by atoms with Gasteiger partial charge >= 0.3 is 11.9 Å². The van der Waals surface area contributed by atoms with Crippen molar-refractivity contribution < 1.29 is 19.1 Å². The standard InChI is InChI=1S/C22H23ClN2O4/c1-14(15-5-3-2-4-6-15)25-21-16-11-12-24-13-22(17(16)7-8-18(21)23)28-19(26)9-10-20(27)29-22/h2-8,14,24-25H,9-13H2,1H3/t14-/m1/s1. The molecule has 2 aliphatic heterocycles. The van der Waals surface area contributed by atoms with E-state index in [4.69, 9.17) is 21.1 Å². The van der Waals surface area contributed by atoms with E-state index in [1.54, 1.807) is 12.1 Å². The van der Waals surface area contributed by atoms with Gasteiger partial charge in [-0.1, -0.05) is 41.9 Å². The Morgan fingerprint density at radius 1 is 1.03 bits per heavy atom. The summed E-state index contributed by atoms with van der Waals surface area (Å²) in [7, 11) is 0. The van der Waals surface area contributed by atoms with Crippen molar-refractivity contribution in [2.45, 2.75) is 38.0 Å². The van der Waals surface area contributed by atoms with Crippen molar-refractivity contribution >= 4 is 29.2 Å². The molecule has 2 aromatic carbocycles. The Labute approximate surface area is 174 Å². The molecule has 1 atom stereocenters. The van der Waals surface area contributed by atoms with Crippen molar-refractivity contribution in [2.24, 2.45) is 0 Å². The lowest BCUT2D eigenvalue weighted by Crippen LogP contribution is -2.43. The third-order valence-electron chi connectivity index (χ3n) is 5.33. The summed E-state index contributed by atoms with van der Waals surface area (Å²) >= 11 is 6.56. The molecule has 6 nitrogen and oxygen atoms in total. The van der Waals surface area contributed by atoms with Crippen molar-refractivity contribution in [2.75, 3.05) is 18.4 Å². The topological polar surface area (TPSA) is 76.7 Å². The molecular weight excluding hydrogens is 392 g/mol. The second-order valence-electron chi connectivity index (χ2n) is 7.35. The second-order valence-corrected chi connectivity index (χ2v) is 7.76. The van der Waals surface area contributed by atoms with Crippen molar-refractivity contribution in [1.82, 2.24) is 5.32 Å². The van der Waals surface area contributed by atoms with Gasteiger partial charge in [0, 0.05) is 11.6 Å². The number of anilines is 1. The zero-order chi connectivity index (χ0) is 20.4. The number of halogens is 1. The second kappa shape index (κ2) is 8.05. The molecule has 1 spiro atoms. The van der Waals surface area contributed by atoms with Gasteiger partial charge in [-0.15, -0.1) is 0 Å². The summed E-state index contributed by atoms with van der Waals surface area (Å²) in [5.41, 5.74) is 3.42. The smallest absolute Gasteiger partial charge is 0.309 e. The summed E-state index contributed by atoms with van der Waals surface area (Å²) in [6.07, 6.45) is 0.676. The largest absolute Gasteiger partial charge is 0.416 e. The highest BCUT2D eigenvalue weighted by atomic mass is 35.5. The Morgan fingerprint density at radius 3 is 2.41 bits per heavy atom. The van der Waals surface area contributed by atoms with E-state index in [1.165, 1.54) is 0 Å². The van der Waals surface area contributed by atoms with Crippen LogP contribution in [0.15, 0.2) is 42.5 Å². The number of rotatable bonds is 3. The lowest BCUT2D eigenvalue weighted by Gasteiger charge is -2.32. The lowest BCUT2D eigenvalue weighted by molar-refractivity contribution is -0.225. The number of esters is 2. The van der Waals surface area contributed by atoms with Crippen LogP contribution in [0.1, 0.15) is 42.5 Å². The first-order valence-electron chi connectivity index (χ1n) is 9.76. The molecule has 7 heteroatoms. The molecule has 1 saturated heterocycles. The maximum atomic E-state index is 12.2. The highest BCUT2D eigenvalue weighted by Crippen LogP contribution is 2.41. The molecule has 1 fully saturated rings. The zero-order valence-electron chi connectivity index (χ0n) is 16.2. The van der Waals surface area contributed by atoms with Gasteiger partial charge in [0.25, 0.3) is 5.79 Å². The number of fused-ring (bicyclic) bond motifs is 2. The molecule has 2 aromatic rings. The molecule has 2 heterocycles. The van der Waals surface area contributed by atoms with E-state index >= 15 is 0 Å². The van der Waals surface area contributed by atoms with Crippen LogP contribution in [0.25, 0.3) is 0 Å². The Morgan fingerprint density at radius 2 is 1.72 bits per heavy atom. The molecule has 0 aliphatic carbocycles. The molecule has 0 saturated carbocycles. The Kier molecular flexibility index (Phi) is 5.48. The van der Waals surface area contributed by atoms with Crippen LogP contribution in [0.2, 0.25) is 5.02 Å². The van der Waals surface area contributed by atoms with Gasteiger partial charge in [0.15, 0.2) is 0 Å². The van der Waals surface area contributed by atoms with Gasteiger partial charge < -0.3 is 20.1 Å².